The quantitative estimate of drug-likeness (QED) is 0.812. The van der Waals surface area contributed by atoms with E-state index < -0.39 is 5.97 Å². The molecule has 0 aliphatic carbocycles. The Bertz CT molecular complexity index is 598. The zero-order valence-electron chi connectivity index (χ0n) is 10.0. The van der Waals surface area contributed by atoms with E-state index in [-0.39, 0.29) is 12.5 Å². The van der Waals surface area contributed by atoms with Gasteiger partial charge < -0.3 is 9.15 Å². The van der Waals surface area contributed by atoms with Crippen molar-refractivity contribution in [3.63, 3.8) is 0 Å². The Labute approximate surface area is 119 Å². The molecular weight excluding hydrogens is 291 g/mol. The lowest BCUT2D eigenvalue weighted by atomic mass is 10.1. The molecule has 0 aliphatic heterocycles. The average Bonchev–Trinajstić information content (AvgIpc) is 2.83. The monoisotopic (exact) mass is 300 g/mol. The van der Waals surface area contributed by atoms with Gasteiger partial charge in [0.05, 0.1) is 23.1 Å². The van der Waals surface area contributed by atoms with Crippen molar-refractivity contribution in [1.82, 2.24) is 10.2 Å². The van der Waals surface area contributed by atoms with Crippen LogP contribution in [0.2, 0.25) is 10.0 Å². The van der Waals surface area contributed by atoms with E-state index >= 15 is 0 Å². The Balaban J connectivity index is 2.11. The second-order valence-corrected chi connectivity index (χ2v) is 4.46. The third-order valence-corrected chi connectivity index (χ3v) is 3.00. The summed E-state index contributed by atoms with van der Waals surface area (Å²) in [5.41, 5.74) is 0.855. The Hall–Kier alpha value is -1.59. The molecule has 100 valence electrons. The fourth-order valence-electron chi connectivity index (χ4n) is 1.42. The van der Waals surface area contributed by atoms with Gasteiger partial charge in [-0.05, 0) is 24.6 Å². The lowest BCUT2D eigenvalue weighted by molar-refractivity contribution is 0.0479. The molecule has 5 nitrogen and oxygen atoms in total. The maximum Gasteiger partial charge on any atom is 0.396 e. The maximum absolute atomic E-state index is 11.4. The fraction of sp³-hybridized carbons (Fsp3) is 0.250. The molecule has 1 aromatic heterocycles. The zero-order valence-corrected chi connectivity index (χ0v) is 11.5. The summed E-state index contributed by atoms with van der Waals surface area (Å²) in [5, 5.41) is 8.32. The summed E-state index contributed by atoms with van der Waals surface area (Å²) < 4.78 is 9.95. The van der Waals surface area contributed by atoms with Gasteiger partial charge in [-0.15, -0.1) is 10.2 Å². The largest absolute Gasteiger partial charge is 0.459 e. The molecule has 2 aromatic rings. The first-order valence-electron chi connectivity index (χ1n) is 5.53. The number of hydrogen-bond acceptors (Lipinski definition) is 5. The number of hydrogen-bond donors (Lipinski definition) is 0. The van der Waals surface area contributed by atoms with E-state index in [1.165, 1.54) is 0 Å². The van der Waals surface area contributed by atoms with Crippen molar-refractivity contribution in [1.29, 1.82) is 0 Å². The van der Waals surface area contributed by atoms with Crippen LogP contribution in [-0.4, -0.2) is 22.8 Å². The zero-order chi connectivity index (χ0) is 13.8. The number of halogens is 2. The third kappa shape index (κ3) is 3.45. The molecule has 0 saturated carbocycles. The van der Waals surface area contributed by atoms with Crippen molar-refractivity contribution < 1.29 is 13.9 Å². The molecule has 0 atom stereocenters. The van der Waals surface area contributed by atoms with Crippen molar-refractivity contribution in [2.45, 2.75) is 13.3 Å². The summed E-state index contributed by atoms with van der Waals surface area (Å²) in [6, 6.07) is 5.18. The summed E-state index contributed by atoms with van der Waals surface area (Å²) in [4.78, 5) is 11.4. The van der Waals surface area contributed by atoms with Crippen molar-refractivity contribution in [3.8, 4) is 0 Å². The summed E-state index contributed by atoms with van der Waals surface area (Å²) in [7, 11) is 0. The van der Waals surface area contributed by atoms with Gasteiger partial charge in [-0.2, -0.15) is 0 Å². The highest BCUT2D eigenvalue weighted by molar-refractivity contribution is 6.42. The van der Waals surface area contributed by atoms with E-state index in [0.29, 0.717) is 22.4 Å². The highest BCUT2D eigenvalue weighted by atomic mass is 35.5. The lowest BCUT2D eigenvalue weighted by Gasteiger charge is -1.99. The molecule has 7 heteroatoms. The number of esters is 1. The molecular formula is C12H10Cl2N2O3. The average molecular weight is 301 g/mol. The van der Waals surface area contributed by atoms with E-state index in [2.05, 4.69) is 10.2 Å². The second kappa shape index (κ2) is 6.04. The van der Waals surface area contributed by atoms with Crippen LogP contribution in [0.15, 0.2) is 22.6 Å². The molecule has 0 saturated heterocycles. The van der Waals surface area contributed by atoms with E-state index in [9.17, 15) is 4.79 Å². The van der Waals surface area contributed by atoms with Crippen molar-refractivity contribution in [2.75, 3.05) is 6.61 Å². The topological polar surface area (TPSA) is 65.2 Å². The molecule has 1 aromatic carbocycles. The van der Waals surface area contributed by atoms with E-state index in [1.807, 2.05) is 0 Å². The smallest absolute Gasteiger partial charge is 0.396 e. The maximum atomic E-state index is 11.4. The summed E-state index contributed by atoms with van der Waals surface area (Å²) >= 11 is 11.7. The van der Waals surface area contributed by atoms with Crippen LogP contribution < -0.4 is 0 Å². The van der Waals surface area contributed by atoms with Gasteiger partial charge in [0.25, 0.3) is 0 Å². The molecule has 19 heavy (non-hydrogen) atoms. The molecule has 2 rings (SSSR count). The van der Waals surface area contributed by atoms with Crippen LogP contribution in [0.25, 0.3) is 0 Å². The number of aromatic nitrogens is 2. The minimum absolute atomic E-state index is 0.156. The Morgan fingerprint density at radius 1 is 1.32 bits per heavy atom. The fourth-order valence-corrected chi connectivity index (χ4v) is 1.75. The van der Waals surface area contributed by atoms with Crippen LogP contribution in [0.1, 0.15) is 29.1 Å². The number of rotatable bonds is 4. The standard InChI is InChI=1S/C12H10Cl2N2O3/c1-2-18-12(17)11-16-15-10(19-11)6-7-3-4-8(13)9(14)5-7/h3-5H,2,6H2,1H3. The SMILES string of the molecule is CCOC(=O)c1nnc(Cc2ccc(Cl)c(Cl)c2)o1. The first-order chi connectivity index (χ1) is 9.10. The second-order valence-electron chi connectivity index (χ2n) is 3.65. The molecule has 0 bridgehead atoms. The molecule has 0 unspecified atom stereocenters. The van der Waals surface area contributed by atoms with Crippen LogP contribution in [0.5, 0.6) is 0 Å². The van der Waals surface area contributed by atoms with E-state index in [0.717, 1.165) is 5.56 Å². The molecule has 0 amide bonds. The number of ether oxygens (including phenoxy) is 1. The van der Waals surface area contributed by atoms with Gasteiger partial charge in [0.1, 0.15) is 0 Å². The van der Waals surface area contributed by atoms with Crippen molar-refractivity contribution in [3.05, 3.63) is 45.6 Å². The van der Waals surface area contributed by atoms with Crippen LogP contribution in [0, 0.1) is 0 Å². The van der Waals surface area contributed by atoms with Gasteiger partial charge in [0, 0.05) is 0 Å². The van der Waals surface area contributed by atoms with Gasteiger partial charge >= 0.3 is 11.9 Å². The number of carbonyl (C=O) groups excluding carboxylic acids is 1. The normalized spacial score (nSPS) is 10.5. The minimum atomic E-state index is -0.629. The van der Waals surface area contributed by atoms with Gasteiger partial charge in [-0.1, -0.05) is 29.3 Å². The Morgan fingerprint density at radius 3 is 2.79 bits per heavy atom. The molecule has 0 spiro atoms. The number of nitrogens with zero attached hydrogens (tertiary/aromatic N) is 2. The van der Waals surface area contributed by atoms with Crippen LogP contribution in [0.4, 0.5) is 0 Å². The first kappa shape index (κ1) is 13.8. The number of benzene rings is 1. The summed E-state index contributed by atoms with van der Waals surface area (Å²) in [6.45, 7) is 1.95. The predicted molar refractivity (Wildman–Crippen MR) is 69.5 cm³/mol. The van der Waals surface area contributed by atoms with Crippen LogP contribution >= 0.6 is 23.2 Å². The van der Waals surface area contributed by atoms with Gasteiger partial charge in [0.2, 0.25) is 5.89 Å². The molecule has 1 heterocycles. The van der Waals surface area contributed by atoms with Crippen LogP contribution in [0.3, 0.4) is 0 Å². The lowest BCUT2D eigenvalue weighted by Crippen LogP contribution is -2.04. The highest BCUT2D eigenvalue weighted by Gasteiger charge is 2.16. The van der Waals surface area contributed by atoms with Crippen LogP contribution in [-0.2, 0) is 11.2 Å². The molecule has 0 fully saturated rings. The Morgan fingerprint density at radius 2 is 2.11 bits per heavy atom. The minimum Gasteiger partial charge on any atom is -0.459 e. The van der Waals surface area contributed by atoms with Gasteiger partial charge in [-0.3, -0.25) is 0 Å². The van der Waals surface area contributed by atoms with Crippen molar-refractivity contribution in [2.24, 2.45) is 0 Å². The van der Waals surface area contributed by atoms with E-state index in [4.69, 9.17) is 32.4 Å². The van der Waals surface area contributed by atoms with Crippen molar-refractivity contribution >= 4 is 29.2 Å². The highest BCUT2D eigenvalue weighted by Crippen LogP contribution is 2.23. The summed E-state index contributed by atoms with van der Waals surface area (Å²) in [5.74, 6) is -0.478. The molecule has 0 aliphatic rings. The number of carbonyl (C=O) groups is 1. The first-order valence-corrected chi connectivity index (χ1v) is 6.29. The summed E-state index contributed by atoms with van der Waals surface area (Å²) in [6.07, 6.45) is 0.364. The molecule has 0 radical (unpaired) electrons. The third-order valence-electron chi connectivity index (χ3n) is 2.26. The van der Waals surface area contributed by atoms with E-state index in [1.54, 1.807) is 25.1 Å². The Kier molecular flexibility index (Phi) is 4.39. The molecule has 0 N–H and O–H groups in total. The van der Waals surface area contributed by atoms with Gasteiger partial charge in [0.15, 0.2) is 0 Å². The predicted octanol–water partition coefficient (Wildman–Crippen LogP) is 3.14. The van der Waals surface area contributed by atoms with Gasteiger partial charge in [-0.25, -0.2) is 4.79 Å².